The van der Waals surface area contributed by atoms with Crippen LogP contribution in [0.3, 0.4) is 0 Å². The van der Waals surface area contributed by atoms with Gasteiger partial charge >= 0.3 is 0 Å². The number of rotatable bonds is 4. The fourth-order valence-corrected chi connectivity index (χ4v) is 3.44. The third kappa shape index (κ3) is 3.41. The van der Waals surface area contributed by atoms with Crippen LogP contribution in [0.1, 0.15) is 28.2 Å². The molecule has 1 N–H and O–H groups in total. The van der Waals surface area contributed by atoms with Crippen LogP contribution in [0.25, 0.3) is 0 Å². The van der Waals surface area contributed by atoms with E-state index in [9.17, 15) is 4.79 Å². The molecule has 128 valence electrons. The molecule has 3 rings (SSSR count). The monoisotopic (exact) mass is 346 g/mol. The maximum atomic E-state index is 12.5. The minimum atomic E-state index is -0.0250. The lowest BCUT2D eigenvalue weighted by atomic mass is 10.1. The zero-order valence-corrected chi connectivity index (χ0v) is 15.1. The number of nitrogens with one attached hydrogen (secondary N) is 1. The predicted octanol–water partition coefficient (Wildman–Crippen LogP) is 2.95. The maximum absolute atomic E-state index is 12.5. The Morgan fingerprint density at radius 3 is 2.67 bits per heavy atom. The van der Waals surface area contributed by atoms with Gasteiger partial charge in [0.2, 0.25) is 0 Å². The molecule has 1 fully saturated rings. The summed E-state index contributed by atoms with van der Waals surface area (Å²) < 4.78 is 1.75. The summed E-state index contributed by atoms with van der Waals surface area (Å²) >= 11 is 5.94. The van der Waals surface area contributed by atoms with Gasteiger partial charge in [-0.05, 0) is 50.5 Å². The van der Waals surface area contributed by atoms with Crippen LogP contribution in [0.5, 0.6) is 0 Å². The Morgan fingerprint density at radius 2 is 2.04 bits per heavy atom. The molecule has 2 heterocycles. The number of benzene rings is 1. The molecule has 1 amide bonds. The summed E-state index contributed by atoms with van der Waals surface area (Å²) in [4.78, 5) is 14.8. The van der Waals surface area contributed by atoms with Gasteiger partial charge in [-0.15, -0.1) is 0 Å². The lowest BCUT2D eigenvalue weighted by molar-refractivity contribution is 0.0947. The molecule has 1 aromatic carbocycles. The van der Waals surface area contributed by atoms with Gasteiger partial charge in [-0.25, -0.2) is 0 Å². The number of nitrogens with zero attached hydrogens (tertiary/aromatic N) is 3. The lowest BCUT2D eigenvalue weighted by Crippen LogP contribution is -2.31. The average molecular weight is 347 g/mol. The molecular formula is C18H23ClN4O. The van der Waals surface area contributed by atoms with Crippen molar-refractivity contribution in [3.05, 3.63) is 46.2 Å². The van der Waals surface area contributed by atoms with Crippen molar-refractivity contribution in [2.75, 3.05) is 24.5 Å². The molecule has 0 radical (unpaired) electrons. The van der Waals surface area contributed by atoms with Crippen molar-refractivity contribution in [3.63, 3.8) is 0 Å². The Labute approximate surface area is 147 Å². The molecule has 1 aliphatic heterocycles. The normalized spacial score (nSPS) is 17.3. The van der Waals surface area contributed by atoms with Gasteiger partial charge in [0.25, 0.3) is 5.91 Å². The highest BCUT2D eigenvalue weighted by atomic mass is 35.5. The topological polar surface area (TPSA) is 50.2 Å². The molecule has 1 aromatic heterocycles. The van der Waals surface area contributed by atoms with E-state index < -0.39 is 0 Å². The van der Waals surface area contributed by atoms with Gasteiger partial charge in [-0.3, -0.25) is 9.48 Å². The highest BCUT2D eigenvalue weighted by molar-refractivity contribution is 6.30. The standard InChI is InChI=1S/C18H23ClN4O/c1-12-17(13(2)22(3)21-12)18(24)20-10-14-8-9-23(11-14)16-6-4-15(19)5-7-16/h4-7,14H,8-11H2,1-3H3,(H,20,24)/t14-/m0/s1. The molecule has 1 aliphatic rings. The van der Waals surface area contributed by atoms with E-state index in [0.29, 0.717) is 18.0 Å². The minimum Gasteiger partial charge on any atom is -0.371 e. The van der Waals surface area contributed by atoms with Crippen molar-refractivity contribution in [1.29, 1.82) is 0 Å². The van der Waals surface area contributed by atoms with E-state index in [2.05, 4.69) is 15.3 Å². The molecular weight excluding hydrogens is 324 g/mol. The maximum Gasteiger partial charge on any atom is 0.255 e. The number of amides is 1. The van der Waals surface area contributed by atoms with E-state index in [4.69, 9.17) is 11.6 Å². The van der Waals surface area contributed by atoms with Gasteiger partial charge in [0.05, 0.1) is 11.3 Å². The number of hydrogen-bond donors (Lipinski definition) is 1. The van der Waals surface area contributed by atoms with Crippen molar-refractivity contribution in [3.8, 4) is 0 Å². The van der Waals surface area contributed by atoms with E-state index in [1.807, 2.05) is 45.2 Å². The summed E-state index contributed by atoms with van der Waals surface area (Å²) in [7, 11) is 1.86. The molecule has 0 saturated carbocycles. The predicted molar refractivity (Wildman–Crippen MR) is 96.8 cm³/mol. The van der Waals surface area contributed by atoms with E-state index in [1.165, 1.54) is 5.69 Å². The highest BCUT2D eigenvalue weighted by Crippen LogP contribution is 2.25. The van der Waals surface area contributed by atoms with E-state index >= 15 is 0 Å². The smallest absolute Gasteiger partial charge is 0.255 e. The van der Waals surface area contributed by atoms with Gasteiger partial charge < -0.3 is 10.2 Å². The molecule has 5 nitrogen and oxygen atoms in total. The number of hydrogen-bond acceptors (Lipinski definition) is 3. The average Bonchev–Trinajstić information content (AvgIpc) is 3.11. The first-order valence-corrected chi connectivity index (χ1v) is 8.62. The Morgan fingerprint density at radius 1 is 1.33 bits per heavy atom. The van der Waals surface area contributed by atoms with Crippen LogP contribution in [0.15, 0.2) is 24.3 Å². The molecule has 0 unspecified atom stereocenters. The van der Waals surface area contributed by atoms with Crippen LogP contribution in [0, 0.1) is 19.8 Å². The van der Waals surface area contributed by atoms with Gasteiger partial charge in [-0.2, -0.15) is 5.10 Å². The molecule has 0 aliphatic carbocycles. The number of anilines is 1. The van der Waals surface area contributed by atoms with Crippen molar-refractivity contribution >= 4 is 23.2 Å². The number of aryl methyl sites for hydroxylation is 2. The third-order valence-corrected chi connectivity index (χ3v) is 5.02. The lowest BCUT2D eigenvalue weighted by Gasteiger charge is -2.19. The number of carbonyl (C=O) groups is 1. The minimum absolute atomic E-state index is 0.0250. The molecule has 0 bridgehead atoms. The molecule has 6 heteroatoms. The number of halogens is 1. The summed E-state index contributed by atoms with van der Waals surface area (Å²) in [5.41, 5.74) is 3.57. The largest absolute Gasteiger partial charge is 0.371 e. The molecule has 1 saturated heterocycles. The summed E-state index contributed by atoms with van der Waals surface area (Å²) in [6.45, 7) is 6.45. The van der Waals surface area contributed by atoms with Crippen LogP contribution in [-0.4, -0.2) is 35.3 Å². The first kappa shape index (κ1) is 16.8. The first-order valence-electron chi connectivity index (χ1n) is 8.24. The number of aromatic nitrogens is 2. The Kier molecular flexibility index (Phi) is 4.81. The van der Waals surface area contributed by atoms with Crippen molar-refractivity contribution in [2.45, 2.75) is 20.3 Å². The van der Waals surface area contributed by atoms with Crippen LogP contribution in [-0.2, 0) is 7.05 Å². The fourth-order valence-electron chi connectivity index (χ4n) is 3.31. The summed E-state index contributed by atoms with van der Waals surface area (Å²) in [5, 5.41) is 8.14. The Balaban J connectivity index is 1.56. The van der Waals surface area contributed by atoms with Crippen LogP contribution < -0.4 is 10.2 Å². The van der Waals surface area contributed by atoms with Crippen molar-refractivity contribution in [1.82, 2.24) is 15.1 Å². The first-order chi connectivity index (χ1) is 11.5. The highest BCUT2D eigenvalue weighted by Gasteiger charge is 2.24. The van der Waals surface area contributed by atoms with E-state index in [1.54, 1.807) is 4.68 Å². The third-order valence-electron chi connectivity index (χ3n) is 4.76. The van der Waals surface area contributed by atoms with Crippen LogP contribution in [0.4, 0.5) is 5.69 Å². The summed E-state index contributed by atoms with van der Waals surface area (Å²) in [5.74, 6) is 0.435. The van der Waals surface area contributed by atoms with Gasteiger partial charge in [0.1, 0.15) is 0 Å². The second-order valence-electron chi connectivity index (χ2n) is 6.46. The van der Waals surface area contributed by atoms with Crippen molar-refractivity contribution < 1.29 is 4.79 Å². The second-order valence-corrected chi connectivity index (χ2v) is 6.89. The van der Waals surface area contributed by atoms with Gasteiger partial charge in [0, 0.05) is 43.1 Å². The van der Waals surface area contributed by atoms with E-state index in [0.717, 1.165) is 35.9 Å². The van der Waals surface area contributed by atoms with Crippen LogP contribution in [0.2, 0.25) is 5.02 Å². The molecule has 0 spiro atoms. The quantitative estimate of drug-likeness (QED) is 0.926. The number of carbonyl (C=O) groups excluding carboxylic acids is 1. The van der Waals surface area contributed by atoms with Crippen LogP contribution >= 0.6 is 11.6 Å². The summed E-state index contributed by atoms with van der Waals surface area (Å²) in [6, 6.07) is 7.93. The van der Waals surface area contributed by atoms with E-state index in [-0.39, 0.29) is 5.91 Å². The fraction of sp³-hybridized carbons (Fsp3) is 0.444. The molecule has 2 aromatic rings. The molecule has 1 atom stereocenters. The SMILES string of the molecule is Cc1nn(C)c(C)c1C(=O)NC[C@@H]1CCN(c2ccc(Cl)cc2)C1. The zero-order chi connectivity index (χ0) is 17.3. The van der Waals surface area contributed by atoms with Gasteiger partial charge in [-0.1, -0.05) is 11.6 Å². The Hall–Kier alpha value is -2.01. The zero-order valence-electron chi connectivity index (χ0n) is 14.3. The molecule has 24 heavy (non-hydrogen) atoms. The second kappa shape index (κ2) is 6.85. The van der Waals surface area contributed by atoms with Crippen molar-refractivity contribution in [2.24, 2.45) is 13.0 Å². The Bertz CT molecular complexity index is 738. The van der Waals surface area contributed by atoms with Gasteiger partial charge in [0.15, 0.2) is 0 Å². The summed E-state index contributed by atoms with van der Waals surface area (Å²) in [6.07, 6.45) is 1.08.